The molecule has 1 aliphatic heterocycles. The van der Waals surface area contributed by atoms with E-state index in [1.807, 2.05) is 30.3 Å². The molecule has 0 saturated carbocycles. The van der Waals surface area contributed by atoms with Crippen LogP contribution in [0.3, 0.4) is 0 Å². The fraction of sp³-hybridized carbons (Fsp3) is 0.412. The van der Waals surface area contributed by atoms with Crippen LogP contribution in [0.25, 0.3) is 10.8 Å². The molecule has 2 atom stereocenters. The van der Waals surface area contributed by atoms with Gasteiger partial charge >= 0.3 is 0 Å². The van der Waals surface area contributed by atoms with Gasteiger partial charge in [-0.25, -0.2) is 0 Å². The lowest BCUT2D eigenvalue weighted by Crippen LogP contribution is -2.39. The summed E-state index contributed by atoms with van der Waals surface area (Å²) in [6.07, 6.45) is 0. The van der Waals surface area contributed by atoms with E-state index in [2.05, 4.69) is 19.2 Å². The topological polar surface area (TPSA) is 55.2 Å². The van der Waals surface area contributed by atoms with Crippen LogP contribution in [-0.4, -0.2) is 18.0 Å². The Morgan fingerprint density at radius 2 is 1.67 bits per heavy atom. The van der Waals surface area contributed by atoms with Crippen molar-refractivity contribution in [3.63, 3.8) is 0 Å². The van der Waals surface area contributed by atoms with Crippen molar-refractivity contribution in [2.24, 2.45) is 11.8 Å². The Balaban J connectivity index is 2.20. The van der Waals surface area contributed by atoms with Crippen LogP contribution >= 0.6 is 0 Å². The molecule has 1 fully saturated rings. The highest BCUT2D eigenvalue weighted by Crippen LogP contribution is 2.40. The second kappa shape index (κ2) is 5.45. The Hall–Kier alpha value is -1.94. The van der Waals surface area contributed by atoms with Crippen molar-refractivity contribution < 1.29 is 4.92 Å². The molecule has 0 bridgehead atoms. The normalized spacial score (nSPS) is 25.9. The van der Waals surface area contributed by atoms with Crippen molar-refractivity contribution >= 4 is 16.5 Å². The van der Waals surface area contributed by atoms with Crippen molar-refractivity contribution in [1.29, 1.82) is 0 Å². The third-order valence-corrected chi connectivity index (χ3v) is 4.65. The predicted molar refractivity (Wildman–Crippen MR) is 84.5 cm³/mol. The van der Waals surface area contributed by atoms with Gasteiger partial charge in [-0.2, -0.15) is 0 Å². The Morgan fingerprint density at radius 1 is 1.05 bits per heavy atom. The van der Waals surface area contributed by atoms with Crippen LogP contribution in [0.4, 0.5) is 5.69 Å². The van der Waals surface area contributed by atoms with Gasteiger partial charge < -0.3 is 5.32 Å². The van der Waals surface area contributed by atoms with Crippen molar-refractivity contribution in [2.45, 2.75) is 19.8 Å². The lowest BCUT2D eigenvalue weighted by molar-refractivity contribution is -0.383. The van der Waals surface area contributed by atoms with Crippen LogP contribution in [-0.2, 0) is 0 Å². The number of nitrogens with one attached hydrogen (secondary N) is 1. The highest BCUT2D eigenvalue weighted by molar-refractivity contribution is 5.93. The lowest BCUT2D eigenvalue weighted by Gasteiger charge is -2.36. The van der Waals surface area contributed by atoms with Gasteiger partial charge in [-0.3, -0.25) is 10.1 Å². The summed E-state index contributed by atoms with van der Waals surface area (Å²) in [4.78, 5) is 10.9. The molecular formula is C17H20N2O2. The van der Waals surface area contributed by atoms with Crippen LogP contribution < -0.4 is 5.32 Å². The van der Waals surface area contributed by atoms with Crippen molar-refractivity contribution in [3.8, 4) is 0 Å². The second-order valence-corrected chi connectivity index (χ2v) is 6.12. The van der Waals surface area contributed by atoms with Gasteiger partial charge in [0.15, 0.2) is 0 Å². The minimum atomic E-state index is -0.290. The zero-order chi connectivity index (χ0) is 15.0. The molecule has 2 aromatic rings. The van der Waals surface area contributed by atoms with Crippen molar-refractivity contribution in [1.82, 2.24) is 5.32 Å². The van der Waals surface area contributed by atoms with E-state index >= 15 is 0 Å². The molecule has 0 radical (unpaired) electrons. The lowest BCUT2D eigenvalue weighted by atomic mass is 9.74. The van der Waals surface area contributed by atoms with Gasteiger partial charge in [0.25, 0.3) is 5.69 Å². The number of hydrogen-bond acceptors (Lipinski definition) is 3. The van der Waals surface area contributed by atoms with Gasteiger partial charge in [-0.05, 0) is 47.9 Å². The molecule has 4 heteroatoms. The molecule has 0 spiro atoms. The molecule has 0 amide bonds. The van der Waals surface area contributed by atoms with E-state index in [1.165, 1.54) is 5.56 Å². The van der Waals surface area contributed by atoms with Gasteiger partial charge in [0.1, 0.15) is 0 Å². The Kier molecular flexibility index (Phi) is 3.64. The highest BCUT2D eigenvalue weighted by Gasteiger charge is 2.30. The summed E-state index contributed by atoms with van der Waals surface area (Å²) in [5.74, 6) is 1.49. The molecule has 1 aliphatic rings. The van der Waals surface area contributed by atoms with Crippen molar-refractivity contribution in [2.75, 3.05) is 13.1 Å². The standard InChI is InChI=1S/C17H20N2O2/c1-11-9-18-10-12(2)17(11)15-7-8-16(19(20)21)14-6-4-3-5-13(14)15/h3-8,11-12,17-18H,9-10H2,1-2H3. The SMILES string of the molecule is CC1CNCC(C)C1c1ccc([N+](=O)[O-])c2ccccc12. The van der Waals surface area contributed by atoms with Gasteiger partial charge in [0.05, 0.1) is 10.3 Å². The molecule has 1 saturated heterocycles. The summed E-state index contributed by atoms with van der Waals surface area (Å²) < 4.78 is 0. The van der Waals surface area contributed by atoms with E-state index in [0.717, 1.165) is 23.9 Å². The number of rotatable bonds is 2. The number of hydrogen-bond donors (Lipinski definition) is 1. The number of non-ortho nitro benzene ring substituents is 1. The average Bonchev–Trinajstić information content (AvgIpc) is 2.46. The summed E-state index contributed by atoms with van der Waals surface area (Å²) in [7, 11) is 0. The molecule has 2 unspecified atom stereocenters. The van der Waals surface area contributed by atoms with E-state index in [4.69, 9.17) is 0 Å². The van der Waals surface area contributed by atoms with Gasteiger partial charge in [-0.1, -0.05) is 38.1 Å². The van der Waals surface area contributed by atoms with E-state index in [-0.39, 0.29) is 10.6 Å². The first kappa shape index (κ1) is 14.0. The first-order valence-corrected chi connectivity index (χ1v) is 7.46. The molecule has 0 aliphatic carbocycles. The third kappa shape index (κ3) is 2.40. The Morgan fingerprint density at radius 3 is 2.29 bits per heavy atom. The zero-order valence-electron chi connectivity index (χ0n) is 12.4. The molecule has 110 valence electrons. The maximum absolute atomic E-state index is 11.2. The first-order valence-electron chi connectivity index (χ1n) is 7.46. The highest BCUT2D eigenvalue weighted by atomic mass is 16.6. The smallest absolute Gasteiger partial charge is 0.277 e. The number of fused-ring (bicyclic) bond motifs is 1. The van der Waals surface area contributed by atoms with E-state index in [0.29, 0.717) is 17.8 Å². The summed E-state index contributed by atoms with van der Waals surface area (Å²) in [6.45, 7) is 6.51. The largest absolute Gasteiger partial charge is 0.316 e. The molecule has 3 rings (SSSR count). The molecule has 1 heterocycles. The number of piperidine rings is 1. The third-order valence-electron chi connectivity index (χ3n) is 4.65. The van der Waals surface area contributed by atoms with Gasteiger partial charge in [-0.15, -0.1) is 0 Å². The molecule has 2 aromatic carbocycles. The summed E-state index contributed by atoms with van der Waals surface area (Å²) >= 11 is 0. The van der Waals surface area contributed by atoms with Gasteiger partial charge in [0, 0.05) is 6.07 Å². The number of nitro benzene ring substituents is 1. The first-order chi connectivity index (χ1) is 10.1. The summed E-state index contributed by atoms with van der Waals surface area (Å²) in [5.41, 5.74) is 1.45. The summed E-state index contributed by atoms with van der Waals surface area (Å²) in [5, 5.41) is 16.5. The second-order valence-electron chi connectivity index (χ2n) is 6.12. The van der Waals surface area contributed by atoms with Crippen molar-refractivity contribution in [3.05, 3.63) is 52.1 Å². The maximum Gasteiger partial charge on any atom is 0.277 e. The van der Waals surface area contributed by atoms with E-state index < -0.39 is 0 Å². The number of nitro groups is 1. The van der Waals surface area contributed by atoms with Crippen LogP contribution in [0.1, 0.15) is 25.3 Å². The number of nitrogens with zero attached hydrogens (tertiary/aromatic N) is 1. The molecular weight excluding hydrogens is 264 g/mol. The summed E-state index contributed by atoms with van der Waals surface area (Å²) in [6, 6.07) is 11.3. The Bertz CT molecular complexity index is 674. The quantitative estimate of drug-likeness (QED) is 0.675. The molecule has 4 nitrogen and oxygen atoms in total. The zero-order valence-corrected chi connectivity index (χ0v) is 12.4. The van der Waals surface area contributed by atoms with Crippen LogP contribution in [0.2, 0.25) is 0 Å². The van der Waals surface area contributed by atoms with Crippen LogP contribution in [0, 0.1) is 22.0 Å². The van der Waals surface area contributed by atoms with Crippen LogP contribution in [0.5, 0.6) is 0 Å². The average molecular weight is 284 g/mol. The molecule has 21 heavy (non-hydrogen) atoms. The fourth-order valence-corrected chi connectivity index (χ4v) is 3.72. The fourth-order valence-electron chi connectivity index (χ4n) is 3.72. The van der Waals surface area contributed by atoms with Crippen LogP contribution in [0.15, 0.2) is 36.4 Å². The minimum Gasteiger partial charge on any atom is -0.316 e. The molecule has 1 N–H and O–H groups in total. The minimum absolute atomic E-state index is 0.198. The monoisotopic (exact) mass is 284 g/mol. The number of benzene rings is 2. The molecule has 0 aromatic heterocycles. The Labute approximate surface area is 124 Å². The van der Waals surface area contributed by atoms with E-state index in [9.17, 15) is 10.1 Å². The maximum atomic E-state index is 11.2. The predicted octanol–water partition coefficient (Wildman–Crippen LogP) is 3.71. The van der Waals surface area contributed by atoms with E-state index in [1.54, 1.807) is 6.07 Å². The van der Waals surface area contributed by atoms with Gasteiger partial charge in [0.2, 0.25) is 0 Å².